The normalized spacial score (nSPS) is 13.5. The fourth-order valence-corrected chi connectivity index (χ4v) is 2.16. The minimum Gasteiger partial charge on any atom is -0.496 e. The maximum atomic E-state index is 12.4. The molecule has 19 heavy (non-hydrogen) atoms. The largest absolute Gasteiger partial charge is 0.496 e. The van der Waals surface area contributed by atoms with E-state index in [1.54, 1.807) is 18.2 Å². The van der Waals surface area contributed by atoms with Gasteiger partial charge in [0, 0.05) is 10.9 Å². The molecule has 0 aliphatic rings. The predicted molar refractivity (Wildman–Crippen MR) is 79.5 cm³/mol. The van der Waals surface area contributed by atoms with Gasteiger partial charge >= 0.3 is 0 Å². The summed E-state index contributed by atoms with van der Waals surface area (Å²) < 4.78 is 10.5. The summed E-state index contributed by atoms with van der Waals surface area (Å²) in [6.45, 7) is 4.02. The van der Waals surface area contributed by atoms with Crippen LogP contribution >= 0.6 is 15.9 Å². The molecule has 4 nitrogen and oxygen atoms in total. The number of methoxy groups -OCH3 is 2. The van der Waals surface area contributed by atoms with Crippen LogP contribution in [0.15, 0.2) is 18.2 Å². The first kappa shape index (κ1) is 15.8. The Morgan fingerprint density at radius 2 is 1.84 bits per heavy atom. The number of amides is 1. The third kappa shape index (κ3) is 3.62. The lowest BCUT2D eigenvalue weighted by Gasteiger charge is -2.28. The summed E-state index contributed by atoms with van der Waals surface area (Å²) in [5, 5.41) is 3.69. The molecule has 0 saturated heterocycles. The van der Waals surface area contributed by atoms with Gasteiger partial charge in [-0.05, 0) is 25.5 Å². The van der Waals surface area contributed by atoms with E-state index < -0.39 is 0 Å². The van der Waals surface area contributed by atoms with Gasteiger partial charge in [0.25, 0.3) is 5.91 Å². The topological polar surface area (TPSA) is 47.6 Å². The van der Waals surface area contributed by atoms with Crippen LogP contribution in [0.3, 0.4) is 0 Å². The zero-order valence-corrected chi connectivity index (χ0v) is 13.3. The number of ether oxygens (including phenoxy) is 2. The predicted octanol–water partition coefficient (Wildman–Crippen LogP) is 3.00. The van der Waals surface area contributed by atoms with Crippen LogP contribution in [0.5, 0.6) is 11.5 Å². The van der Waals surface area contributed by atoms with Gasteiger partial charge in [-0.15, -0.1) is 0 Å². The van der Waals surface area contributed by atoms with E-state index in [0.717, 1.165) is 6.42 Å². The van der Waals surface area contributed by atoms with Crippen LogP contribution in [0, 0.1) is 0 Å². The van der Waals surface area contributed by atoms with Crippen molar-refractivity contribution in [3.05, 3.63) is 23.8 Å². The lowest BCUT2D eigenvalue weighted by molar-refractivity contribution is 0.0907. The second kappa shape index (κ2) is 6.80. The molecule has 0 aliphatic heterocycles. The third-order valence-corrected chi connectivity index (χ3v) is 4.38. The summed E-state index contributed by atoms with van der Waals surface area (Å²) >= 11 is 3.43. The minimum absolute atomic E-state index is 0.196. The Morgan fingerprint density at radius 3 is 2.21 bits per heavy atom. The van der Waals surface area contributed by atoms with Crippen molar-refractivity contribution in [2.75, 3.05) is 19.5 Å². The first-order valence-corrected chi connectivity index (χ1v) is 7.23. The zero-order chi connectivity index (χ0) is 14.5. The molecular weight excluding hydrogens is 310 g/mol. The van der Waals surface area contributed by atoms with E-state index in [4.69, 9.17) is 9.47 Å². The summed E-state index contributed by atoms with van der Waals surface area (Å²) in [4.78, 5) is 12.4. The molecule has 1 amide bonds. The molecule has 1 rings (SSSR count). The Morgan fingerprint density at radius 1 is 1.32 bits per heavy atom. The van der Waals surface area contributed by atoms with Crippen molar-refractivity contribution in [1.82, 2.24) is 5.32 Å². The number of halogens is 1. The van der Waals surface area contributed by atoms with E-state index in [-0.39, 0.29) is 11.4 Å². The highest BCUT2D eigenvalue weighted by Crippen LogP contribution is 2.29. The average molecular weight is 330 g/mol. The molecule has 1 atom stereocenters. The number of carbonyl (C=O) groups is 1. The van der Waals surface area contributed by atoms with Gasteiger partial charge in [-0.2, -0.15) is 0 Å². The van der Waals surface area contributed by atoms with Crippen LogP contribution in [0.25, 0.3) is 0 Å². The molecule has 1 N–H and O–H groups in total. The van der Waals surface area contributed by atoms with Crippen molar-refractivity contribution < 1.29 is 14.3 Å². The standard InChI is InChI=1S/C14H20BrNO3/c1-5-14(2,9-15)16-13(17)12-10(18-3)7-6-8-11(12)19-4/h6-8H,5,9H2,1-4H3,(H,16,17). The van der Waals surface area contributed by atoms with Crippen molar-refractivity contribution >= 4 is 21.8 Å². The number of benzene rings is 1. The van der Waals surface area contributed by atoms with Crippen LogP contribution in [0.2, 0.25) is 0 Å². The number of hydrogen-bond acceptors (Lipinski definition) is 3. The van der Waals surface area contributed by atoms with Gasteiger partial charge in [0.05, 0.1) is 14.2 Å². The molecule has 106 valence electrons. The molecule has 1 unspecified atom stereocenters. The molecule has 0 radical (unpaired) electrons. The van der Waals surface area contributed by atoms with Crippen molar-refractivity contribution in [3.63, 3.8) is 0 Å². The molecule has 0 saturated carbocycles. The van der Waals surface area contributed by atoms with E-state index in [1.807, 2.05) is 13.8 Å². The van der Waals surface area contributed by atoms with Gasteiger partial charge in [-0.1, -0.05) is 28.9 Å². The third-order valence-electron chi connectivity index (χ3n) is 3.15. The summed E-state index contributed by atoms with van der Waals surface area (Å²) in [5.41, 5.74) is 0.122. The highest BCUT2D eigenvalue weighted by Gasteiger charge is 2.26. The molecule has 1 aromatic rings. The summed E-state index contributed by atoms with van der Waals surface area (Å²) in [5.74, 6) is 0.813. The smallest absolute Gasteiger partial charge is 0.259 e. The van der Waals surface area contributed by atoms with Gasteiger partial charge in [0.15, 0.2) is 0 Å². The van der Waals surface area contributed by atoms with Crippen LogP contribution in [0.4, 0.5) is 0 Å². The number of alkyl halides is 1. The molecule has 0 spiro atoms. The minimum atomic E-state index is -0.303. The zero-order valence-electron chi connectivity index (χ0n) is 11.7. The van der Waals surface area contributed by atoms with E-state index in [0.29, 0.717) is 22.4 Å². The molecule has 1 aromatic carbocycles. The monoisotopic (exact) mass is 329 g/mol. The van der Waals surface area contributed by atoms with E-state index in [9.17, 15) is 4.79 Å². The van der Waals surface area contributed by atoms with Crippen LogP contribution < -0.4 is 14.8 Å². The average Bonchev–Trinajstić information content (AvgIpc) is 2.45. The van der Waals surface area contributed by atoms with E-state index >= 15 is 0 Å². The number of carbonyl (C=O) groups excluding carboxylic acids is 1. The van der Waals surface area contributed by atoms with Crippen molar-refractivity contribution in [1.29, 1.82) is 0 Å². The Kier molecular flexibility index (Phi) is 5.66. The maximum absolute atomic E-state index is 12.4. The first-order chi connectivity index (χ1) is 9.01. The first-order valence-electron chi connectivity index (χ1n) is 6.10. The number of hydrogen-bond donors (Lipinski definition) is 1. The SMILES string of the molecule is CCC(C)(CBr)NC(=O)c1c(OC)cccc1OC. The lowest BCUT2D eigenvalue weighted by atomic mass is 10.0. The summed E-state index contributed by atoms with van der Waals surface area (Å²) in [6.07, 6.45) is 0.821. The summed E-state index contributed by atoms with van der Waals surface area (Å²) in [7, 11) is 3.07. The molecule has 0 bridgehead atoms. The van der Waals surface area contributed by atoms with Crippen LogP contribution in [-0.2, 0) is 0 Å². The van der Waals surface area contributed by atoms with E-state index in [1.165, 1.54) is 14.2 Å². The van der Waals surface area contributed by atoms with Crippen LogP contribution in [0.1, 0.15) is 30.6 Å². The lowest BCUT2D eigenvalue weighted by Crippen LogP contribution is -2.47. The van der Waals surface area contributed by atoms with Gasteiger partial charge in [0.2, 0.25) is 0 Å². The van der Waals surface area contributed by atoms with Crippen LogP contribution in [-0.4, -0.2) is 31.0 Å². The Balaban J connectivity index is 3.11. The van der Waals surface area contributed by atoms with Crippen molar-refractivity contribution in [3.8, 4) is 11.5 Å². The fourth-order valence-electron chi connectivity index (χ4n) is 1.63. The van der Waals surface area contributed by atoms with Gasteiger partial charge in [-0.25, -0.2) is 0 Å². The van der Waals surface area contributed by atoms with E-state index in [2.05, 4.69) is 21.2 Å². The molecule has 0 heterocycles. The molecule has 0 aliphatic carbocycles. The molecular formula is C14H20BrNO3. The van der Waals surface area contributed by atoms with Gasteiger partial charge in [-0.3, -0.25) is 4.79 Å². The summed E-state index contributed by atoms with van der Waals surface area (Å²) in [6, 6.07) is 5.28. The van der Waals surface area contributed by atoms with Crippen molar-refractivity contribution in [2.24, 2.45) is 0 Å². The van der Waals surface area contributed by atoms with Gasteiger partial charge < -0.3 is 14.8 Å². The Hall–Kier alpha value is -1.23. The van der Waals surface area contributed by atoms with Crippen molar-refractivity contribution in [2.45, 2.75) is 25.8 Å². The quantitative estimate of drug-likeness (QED) is 0.816. The number of rotatable bonds is 6. The maximum Gasteiger partial charge on any atom is 0.259 e. The second-order valence-corrected chi connectivity index (χ2v) is 5.10. The number of nitrogens with one attached hydrogen (secondary N) is 1. The molecule has 0 fully saturated rings. The molecule has 0 aromatic heterocycles. The Bertz CT molecular complexity index is 422. The highest BCUT2D eigenvalue weighted by atomic mass is 79.9. The fraction of sp³-hybridized carbons (Fsp3) is 0.500. The molecule has 5 heteroatoms. The Labute approximate surface area is 122 Å². The second-order valence-electron chi connectivity index (χ2n) is 4.54. The van der Waals surface area contributed by atoms with Gasteiger partial charge in [0.1, 0.15) is 17.1 Å². The highest BCUT2D eigenvalue weighted by molar-refractivity contribution is 9.09.